The van der Waals surface area contributed by atoms with Crippen molar-refractivity contribution >= 4 is 11.9 Å². The van der Waals surface area contributed by atoms with Crippen molar-refractivity contribution in [3.8, 4) is 5.69 Å². The predicted octanol–water partition coefficient (Wildman–Crippen LogP) is 2.78. The van der Waals surface area contributed by atoms with Crippen molar-refractivity contribution in [1.82, 2.24) is 19.2 Å². The monoisotopic (exact) mass is 504 g/mol. The van der Waals surface area contributed by atoms with E-state index in [1.807, 2.05) is 51.1 Å². The molecule has 1 aliphatic heterocycles. The highest BCUT2D eigenvalue weighted by Gasteiger charge is 2.32. The minimum Gasteiger partial charge on any atom is -0.466 e. The molecule has 9 nitrogen and oxygen atoms in total. The van der Waals surface area contributed by atoms with E-state index >= 15 is 0 Å². The number of piperidine rings is 1. The van der Waals surface area contributed by atoms with Gasteiger partial charge >= 0.3 is 11.7 Å². The van der Waals surface area contributed by atoms with Gasteiger partial charge in [0, 0.05) is 13.1 Å². The van der Waals surface area contributed by atoms with E-state index in [0.29, 0.717) is 25.1 Å². The van der Waals surface area contributed by atoms with Gasteiger partial charge in [-0.15, -0.1) is 0 Å². The first-order valence-corrected chi connectivity index (χ1v) is 12.5. The molecule has 1 fully saturated rings. The van der Waals surface area contributed by atoms with Crippen LogP contribution in [-0.4, -0.2) is 50.8 Å². The van der Waals surface area contributed by atoms with Gasteiger partial charge in [0.05, 0.1) is 24.8 Å². The van der Waals surface area contributed by atoms with Crippen LogP contribution in [0.3, 0.4) is 0 Å². The van der Waals surface area contributed by atoms with E-state index < -0.39 is 23.1 Å². The number of amides is 1. The van der Waals surface area contributed by atoms with Crippen LogP contribution in [0.15, 0.2) is 52.1 Å². The van der Waals surface area contributed by atoms with Crippen LogP contribution in [0, 0.1) is 26.7 Å². The Balaban J connectivity index is 1.81. The number of aryl methyl sites for hydroxylation is 3. The fourth-order valence-electron chi connectivity index (χ4n) is 4.57. The second-order valence-corrected chi connectivity index (χ2v) is 9.53. The number of hydrogen-bond acceptors (Lipinski definition) is 6. The number of rotatable bonds is 6. The SMILES string of the molecule is CCOC(=O)C1CCCN(C(=O)c2nn(-c3ccc(C)c(C)c3)c(=O)n(Cc3cccc(C)c3)c2=O)C1. The van der Waals surface area contributed by atoms with Gasteiger partial charge in [0.25, 0.3) is 11.5 Å². The maximum Gasteiger partial charge on any atom is 0.352 e. The Morgan fingerprint density at radius 3 is 2.54 bits per heavy atom. The maximum atomic E-state index is 13.6. The normalized spacial score (nSPS) is 15.5. The van der Waals surface area contributed by atoms with Crippen molar-refractivity contribution in [1.29, 1.82) is 0 Å². The summed E-state index contributed by atoms with van der Waals surface area (Å²) in [6, 6.07) is 12.9. The first-order chi connectivity index (χ1) is 17.7. The Labute approximate surface area is 215 Å². The van der Waals surface area contributed by atoms with Gasteiger partial charge < -0.3 is 9.64 Å². The van der Waals surface area contributed by atoms with Crippen LogP contribution in [0.2, 0.25) is 0 Å². The molecule has 0 radical (unpaired) electrons. The molecule has 1 atom stereocenters. The average molecular weight is 505 g/mol. The highest BCUT2D eigenvalue weighted by Crippen LogP contribution is 2.19. The Hall–Kier alpha value is -4.01. The Morgan fingerprint density at radius 2 is 1.84 bits per heavy atom. The standard InChI is InChI=1S/C28H32N4O5/c1-5-37-27(35)22-10-7-13-30(17-22)25(33)24-26(34)31(16-21-9-6-8-18(2)14-21)28(36)32(29-24)23-12-11-19(3)20(4)15-23/h6,8-9,11-12,14-15,22H,5,7,10,13,16-17H2,1-4H3. The summed E-state index contributed by atoms with van der Waals surface area (Å²) in [4.78, 5) is 54.4. The van der Waals surface area contributed by atoms with Crippen LogP contribution < -0.4 is 11.2 Å². The van der Waals surface area contributed by atoms with E-state index in [2.05, 4.69) is 5.10 Å². The fourth-order valence-corrected chi connectivity index (χ4v) is 4.57. The second kappa shape index (κ2) is 10.9. The quantitative estimate of drug-likeness (QED) is 0.478. The summed E-state index contributed by atoms with van der Waals surface area (Å²) >= 11 is 0. The number of likely N-dealkylation sites (tertiary alicyclic amines) is 1. The van der Waals surface area contributed by atoms with E-state index in [-0.39, 0.29) is 31.4 Å². The zero-order valence-corrected chi connectivity index (χ0v) is 21.7. The van der Waals surface area contributed by atoms with Gasteiger partial charge in [-0.3, -0.25) is 19.0 Å². The largest absolute Gasteiger partial charge is 0.466 e. The summed E-state index contributed by atoms with van der Waals surface area (Å²) in [5.41, 5.74) is 2.46. The zero-order valence-electron chi connectivity index (χ0n) is 21.7. The third kappa shape index (κ3) is 5.55. The van der Waals surface area contributed by atoms with Gasteiger partial charge in [0.15, 0.2) is 0 Å². The number of carbonyl (C=O) groups is 2. The van der Waals surface area contributed by atoms with Gasteiger partial charge in [0.2, 0.25) is 5.69 Å². The third-order valence-electron chi connectivity index (χ3n) is 6.75. The van der Waals surface area contributed by atoms with Crippen LogP contribution in [0.25, 0.3) is 5.69 Å². The lowest BCUT2D eigenvalue weighted by molar-refractivity contribution is -0.149. The molecule has 4 rings (SSSR count). The summed E-state index contributed by atoms with van der Waals surface area (Å²) in [6.45, 7) is 8.32. The number of benzene rings is 2. The number of ether oxygens (including phenoxy) is 1. The first kappa shape index (κ1) is 26.1. The molecule has 1 aliphatic rings. The molecule has 0 aliphatic carbocycles. The minimum atomic E-state index is -0.755. The number of nitrogens with zero attached hydrogens (tertiary/aromatic N) is 4. The van der Waals surface area contributed by atoms with Gasteiger partial charge in [-0.25, -0.2) is 4.79 Å². The molecular weight excluding hydrogens is 472 g/mol. The van der Waals surface area contributed by atoms with E-state index in [0.717, 1.165) is 31.5 Å². The highest BCUT2D eigenvalue weighted by molar-refractivity contribution is 5.92. The lowest BCUT2D eigenvalue weighted by atomic mass is 9.98. The van der Waals surface area contributed by atoms with E-state index in [1.165, 1.54) is 4.90 Å². The number of carbonyl (C=O) groups excluding carboxylic acids is 2. The van der Waals surface area contributed by atoms with Crippen molar-refractivity contribution in [2.75, 3.05) is 19.7 Å². The van der Waals surface area contributed by atoms with Crippen LogP contribution in [0.5, 0.6) is 0 Å². The molecule has 0 bridgehead atoms. The van der Waals surface area contributed by atoms with E-state index in [9.17, 15) is 19.2 Å². The van der Waals surface area contributed by atoms with Crippen molar-refractivity contribution in [3.63, 3.8) is 0 Å². The molecule has 3 aromatic rings. The lowest BCUT2D eigenvalue weighted by Crippen LogP contribution is -2.49. The first-order valence-electron chi connectivity index (χ1n) is 12.5. The van der Waals surface area contributed by atoms with Crippen molar-refractivity contribution < 1.29 is 14.3 Å². The van der Waals surface area contributed by atoms with Gasteiger partial charge in [-0.2, -0.15) is 9.78 Å². The maximum absolute atomic E-state index is 13.6. The summed E-state index contributed by atoms with van der Waals surface area (Å²) in [6.07, 6.45) is 1.21. The highest BCUT2D eigenvalue weighted by atomic mass is 16.5. The molecule has 2 heterocycles. The fraction of sp³-hybridized carbons (Fsp3) is 0.393. The Morgan fingerprint density at radius 1 is 1.05 bits per heavy atom. The topological polar surface area (TPSA) is 104 Å². The lowest BCUT2D eigenvalue weighted by Gasteiger charge is -2.31. The van der Waals surface area contributed by atoms with Crippen LogP contribution in [0.4, 0.5) is 0 Å². The smallest absolute Gasteiger partial charge is 0.352 e. The molecular formula is C28H32N4O5. The van der Waals surface area contributed by atoms with Crippen molar-refractivity contribution in [2.45, 2.75) is 47.1 Å². The molecule has 2 aromatic carbocycles. The average Bonchev–Trinajstić information content (AvgIpc) is 2.88. The molecule has 0 spiro atoms. The van der Waals surface area contributed by atoms with Gasteiger partial charge in [0.1, 0.15) is 0 Å². The molecule has 1 amide bonds. The number of hydrogen-bond donors (Lipinski definition) is 0. The van der Waals surface area contributed by atoms with Crippen LogP contribution >= 0.6 is 0 Å². The minimum absolute atomic E-state index is 0.00155. The molecule has 0 saturated carbocycles. The molecule has 1 unspecified atom stereocenters. The molecule has 9 heteroatoms. The van der Waals surface area contributed by atoms with Crippen molar-refractivity contribution in [3.05, 3.63) is 91.3 Å². The molecule has 37 heavy (non-hydrogen) atoms. The summed E-state index contributed by atoms with van der Waals surface area (Å²) in [7, 11) is 0. The molecule has 1 saturated heterocycles. The predicted molar refractivity (Wildman–Crippen MR) is 139 cm³/mol. The third-order valence-corrected chi connectivity index (χ3v) is 6.75. The molecule has 0 N–H and O–H groups in total. The van der Waals surface area contributed by atoms with Crippen LogP contribution in [0.1, 0.15) is 52.5 Å². The van der Waals surface area contributed by atoms with Gasteiger partial charge in [-0.1, -0.05) is 35.9 Å². The molecule has 1 aromatic heterocycles. The summed E-state index contributed by atoms with van der Waals surface area (Å²) in [5.74, 6) is -1.42. The summed E-state index contributed by atoms with van der Waals surface area (Å²) < 4.78 is 7.31. The second-order valence-electron chi connectivity index (χ2n) is 9.53. The number of esters is 1. The van der Waals surface area contributed by atoms with E-state index in [4.69, 9.17) is 4.74 Å². The van der Waals surface area contributed by atoms with Crippen molar-refractivity contribution in [2.24, 2.45) is 5.92 Å². The Bertz CT molecular complexity index is 1460. The van der Waals surface area contributed by atoms with Crippen LogP contribution in [-0.2, 0) is 16.1 Å². The van der Waals surface area contributed by atoms with Gasteiger partial charge in [-0.05, 0) is 69.4 Å². The summed E-state index contributed by atoms with van der Waals surface area (Å²) in [5, 5.41) is 4.28. The number of aromatic nitrogens is 3. The Kier molecular flexibility index (Phi) is 7.71. The van der Waals surface area contributed by atoms with E-state index in [1.54, 1.807) is 19.1 Å². The molecule has 194 valence electrons. The zero-order chi connectivity index (χ0) is 26.7.